The van der Waals surface area contributed by atoms with Crippen LogP contribution >= 0.6 is 11.8 Å². The maximum absolute atomic E-state index is 12.5. The van der Waals surface area contributed by atoms with Gasteiger partial charge in [-0.3, -0.25) is 4.79 Å². The average molecular weight is 359 g/mol. The fourth-order valence-corrected chi connectivity index (χ4v) is 3.63. The molecular formula is C16H26N2O3S2. The lowest BCUT2D eigenvalue weighted by atomic mass is 10.1. The summed E-state index contributed by atoms with van der Waals surface area (Å²) < 4.78 is 27.6. The summed E-state index contributed by atoms with van der Waals surface area (Å²) in [7, 11) is -3.62. The van der Waals surface area contributed by atoms with Gasteiger partial charge in [0.2, 0.25) is 15.9 Å². The summed E-state index contributed by atoms with van der Waals surface area (Å²) in [6.45, 7) is 9.33. The number of nitrogens with one attached hydrogen (secondary N) is 2. The van der Waals surface area contributed by atoms with E-state index in [4.69, 9.17) is 0 Å². The molecule has 1 amide bonds. The summed E-state index contributed by atoms with van der Waals surface area (Å²) >= 11 is 1.46. The van der Waals surface area contributed by atoms with Crippen molar-refractivity contribution in [2.75, 3.05) is 11.6 Å². The predicted octanol–water partition coefficient (Wildman–Crippen LogP) is 3.33. The van der Waals surface area contributed by atoms with Gasteiger partial charge in [-0.05, 0) is 37.3 Å². The Hall–Kier alpha value is -1.05. The number of anilines is 1. The average Bonchev–Trinajstić information content (AvgIpc) is 2.46. The Labute approximate surface area is 143 Å². The SMILES string of the molecule is CSc1ccc(S(=O)(=O)N[C@@H](C)C(C)C)cc1NC(=O)C(C)C. The molecule has 0 radical (unpaired) electrons. The second-order valence-electron chi connectivity index (χ2n) is 6.16. The van der Waals surface area contributed by atoms with Crippen LogP contribution in [0.25, 0.3) is 0 Å². The van der Waals surface area contributed by atoms with Crippen molar-refractivity contribution < 1.29 is 13.2 Å². The van der Waals surface area contributed by atoms with Gasteiger partial charge in [0.15, 0.2) is 0 Å². The highest BCUT2D eigenvalue weighted by atomic mass is 32.2. The van der Waals surface area contributed by atoms with Crippen molar-refractivity contribution >= 4 is 33.4 Å². The zero-order valence-corrected chi connectivity index (χ0v) is 16.1. The third-order valence-corrected chi connectivity index (χ3v) is 5.96. The van der Waals surface area contributed by atoms with Crippen molar-refractivity contribution in [1.29, 1.82) is 0 Å². The van der Waals surface area contributed by atoms with Gasteiger partial charge in [0.05, 0.1) is 10.6 Å². The Kier molecular flexibility index (Phi) is 7.10. The van der Waals surface area contributed by atoms with Crippen LogP contribution in [0.3, 0.4) is 0 Å². The molecule has 1 aromatic carbocycles. The number of carbonyl (C=O) groups excluding carboxylic acids is 1. The smallest absolute Gasteiger partial charge is 0.240 e. The first kappa shape index (κ1) is 20.0. The maximum Gasteiger partial charge on any atom is 0.240 e. The molecule has 7 heteroatoms. The molecule has 2 N–H and O–H groups in total. The summed E-state index contributed by atoms with van der Waals surface area (Å²) in [5, 5.41) is 2.80. The fraction of sp³-hybridized carbons (Fsp3) is 0.562. The van der Waals surface area contributed by atoms with Gasteiger partial charge in [-0.25, -0.2) is 13.1 Å². The molecule has 1 rings (SSSR count). The summed E-state index contributed by atoms with van der Waals surface area (Å²) in [6.07, 6.45) is 1.88. The quantitative estimate of drug-likeness (QED) is 0.733. The second-order valence-corrected chi connectivity index (χ2v) is 8.72. The van der Waals surface area contributed by atoms with Crippen molar-refractivity contribution in [2.24, 2.45) is 11.8 Å². The van der Waals surface area contributed by atoms with Gasteiger partial charge < -0.3 is 5.32 Å². The Bertz CT molecular complexity index is 655. The molecule has 0 fully saturated rings. The predicted molar refractivity (Wildman–Crippen MR) is 96.3 cm³/mol. The van der Waals surface area contributed by atoms with Crippen LogP contribution in [-0.4, -0.2) is 26.6 Å². The highest BCUT2D eigenvalue weighted by molar-refractivity contribution is 7.98. The van der Waals surface area contributed by atoms with Crippen molar-refractivity contribution in [3.63, 3.8) is 0 Å². The summed E-state index contributed by atoms with van der Waals surface area (Å²) in [5.74, 6) is -0.127. The van der Waals surface area contributed by atoms with Crippen LogP contribution in [0.2, 0.25) is 0 Å². The summed E-state index contributed by atoms with van der Waals surface area (Å²) in [6, 6.07) is 4.62. The number of thioether (sulfide) groups is 1. The number of sulfonamides is 1. The molecule has 0 unspecified atom stereocenters. The van der Waals surface area contributed by atoms with E-state index in [0.29, 0.717) is 5.69 Å². The van der Waals surface area contributed by atoms with Gasteiger partial charge in [-0.2, -0.15) is 0 Å². The standard InChI is InChI=1S/C16H26N2O3S2/c1-10(2)12(5)18-23(20,21)13-7-8-15(22-6)14(9-13)17-16(19)11(3)4/h7-12,18H,1-6H3,(H,17,19)/t12-/m0/s1. The second kappa shape index (κ2) is 8.17. The molecule has 0 spiro atoms. The van der Waals surface area contributed by atoms with Crippen molar-refractivity contribution in [2.45, 2.75) is 50.5 Å². The first-order valence-electron chi connectivity index (χ1n) is 7.59. The van der Waals surface area contributed by atoms with Crippen LogP contribution in [-0.2, 0) is 14.8 Å². The van der Waals surface area contributed by atoms with E-state index in [9.17, 15) is 13.2 Å². The van der Waals surface area contributed by atoms with Crippen LogP contribution in [0.15, 0.2) is 28.0 Å². The Morgan fingerprint density at radius 2 is 1.74 bits per heavy atom. The molecule has 0 saturated carbocycles. The molecular weight excluding hydrogens is 332 g/mol. The lowest BCUT2D eigenvalue weighted by Gasteiger charge is -2.18. The van der Waals surface area contributed by atoms with E-state index in [1.54, 1.807) is 26.0 Å². The monoisotopic (exact) mass is 358 g/mol. The molecule has 0 aromatic heterocycles. The van der Waals surface area contributed by atoms with Gasteiger partial charge in [0.25, 0.3) is 0 Å². The van der Waals surface area contributed by atoms with E-state index in [1.165, 1.54) is 17.8 Å². The lowest BCUT2D eigenvalue weighted by molar-refractivity contribution is -0.118. The number of carbonyl (C=O) groups is 1. The van der Waals surface area contributed by atoms with E-state index >= 15 is 0 Å². The lowest BCUT2D eigenvalue weighted by Crippen LogP contribution is -2.36. The highest BCUT2D eigenvalue weighted by Gasteiger charge is 2.21. The minimum atomic E-state index is -3.62. The van der Waals surface area contributed by atoms with Gasteiger partial charge >= 0.3 is 0 Å². The van der Waals surface area contributed by atoms with Crippen molar-refractivity contribution in [1.82, 2.24) is 4.72 Å². The maximum atomic E-state index is 12.5. The number of hydrogen-bond donors (Lipinski definition) is 2. The van der Waals surface area contributed by atoms with E-state index in [1.807, 2.05) is 27.0 Å². The number of rotatable bonds is 7. The third-order valence-electron chi connectivity index (χ3n) is 3.60. The van der Waals surface area contributed by atoms with Crippen molar-refractivity contribution in [3.05, 3.63) is 18.2 Å². The van der Waals surface area contributed by atoms with Crippen LogP contribution in [0.5, 0.6) is 0 Å². The summed E-state index contributed by atoms with van der Waals surface area (Å²) in [5.41, 5.74) is 0.524. The molecule has 1 atom stereocenters. The summed E-state index contributed by atoms with van der Waals surface area (Å²) in [4.78, 5) is 12.9. The minimum Gasteiger partial charge on any atom is -0.325 e. The van der Waals surface area contributed by atoms with Crippen molar-refractivity contribution in [3.8, 4) is 0 Å². The Morgan fingerprint density at radius 3 is 2.22 bits per heavy atom. The van der Waals surface area contributed by atoms with E-state index in [0.717, 1.165) is 4.90 Å². The van der Waals surface area contributed by atoms with Crippen LogP contribution in [0.1, 0.15) is 34.6 Å². The van der Waals surface area contributed by atoms with Gasteiger partial charge in [0.1, 0.15) is 0 Å². The minimum absolute atomic E-state index is 0.140. The van der Waals surface area contributed by atoms with Gasteiger partial charge in [-0.15, -0.1) is 11.8 Å². The Balaban J connectivity index is 3.16. The van der Waals surface area contributed by atoms with E-state index < -0.39 is 10.0 Å². The highest BCUT2D eigenvalue weighted by Crippen LogP contribution is 2.28. The Morgan fingerprint density at radius 1 is 1.13 bits per heavy atom. The number of amides is 1. The third kappa shape index (κ3) is 5.51. The van der Waals surface area contributed by atoms with E-state index in [2.05, 4.69) is 10.0 Å². The van der Waals surface area contributed by atoms with Crippen LogP contribution in [0.4, 0.5) is 5.69 Å². The molecule has 0 aliphatic heterocycles. The van der Waals surface area contributed by atoms with E-state index in [-0.39, 0.29) is 28.7 Å². The topological polar surface area (TPSA) is 75.3 Å². The number of hydrogen-bond acceptors (Lipinski definition) is 4. The molecule has 130 valence electrons. The molecule has 23 heavy (non-hydrogen) atoms. The molecule has 0 aliphatic rings. The number of benzene rings is 1. The zero-order chi connectivity index (χ0) is 17.8. The fourth-order valence-electron chi connectivity index (χ4n) is 1.68. The molecule has 0 bridgehead atoms. The molecule has 5 nitrogen and oxygen atoms in total. The van der Waals surface area contributed by atoms with Crippen LogP contribution < -0.4 is 10.0 Å². The first-order chi connectivity index (χ1) is 10.6. The first-order valence-corrected chi connectivity index (χ1v) is 10.3. The van der Waals surface area contributed by atoms with Gasteiger partial charge in [-0.1, -0.05) is 27.7 Å². The molecule has 1 aromatic rings. The molecule has 0 aliphatic carbocycles. The molecule has 0 saturated heterocycles. The zero-order valence-electron chi connectivity index (χ0n) is 14.5. The largest absolute Gasteiger partial charge is 0.325 e. The molecule has 0 heterocycles. The van der Waals surface area contributed by atoms with Crippen LogP contribution in [0, 0.1) is 11.8 Å². The van der Waals surface area contributed by atoms with Gasteiger partial charge in [0, 0.05) is 16.9 Å². The normalized spacial score (nSPS) is 13.4.